The molecule has 3 nitrogen and oxygen atoms in total. The average Bonchev–Trinajstić information content (AvgIpc) is 2.32. The van der Waals surface area contributed by atoms with Crippen LogP contribution in [-0.2, 0) is 13.8 Å². The lowest BCUT2D eigenvalue weighted by Crippen LogP contribution is -1.94. The van der Waals surface area contributed by atoms with E-state index in [0.29, 0.717) is 13.2 Å². The van der Waals surface area contributed by atoms with E-state index in [9.17, 15) is 8.42 Å². The van der Waals surface area contributed by atoms with Crippen molar-refractivity contribution >= 4 is 19.7 Å². The fourth-order valence-electron chi connectivity index (χ4n) is 0.857. The molecule has 1 fully saturated rings. The van der Waals surface area contributed by atoms with Crippen LogP contribution >= 0.6 is 10.7 Å². The maximum absolute atomic E-state index is 10.5. The predicted octanol–water partition coefficient (Wildman–Crippen LogP) is 0.902. The minimum absolute atomic E-state index is 0.0900. The first-order valence-corrected chi connectivity index (χ1v) is 5.74. The van der Waals surface area contributed by atoms with Gasteiger partial charge >= 0.3 is 0 Å². The number of halogens is 1. The summed E-state index contributed by atoms with van der Waals surface area (Å²) < 4.78 is 26.0. The lowest BCUT2D eigenvalue weighted by Gasteiger charge is -1.91. The van der Waals surface area contributed by atoms with Gasteiger partial charge in [-0.2, -0.15) is 0 Å². The molecule has 0 aromatic carbocycles. The second-order valence-corrected chi connectivity index (χ2v) is 5.19. The van der Waals surface area contributed by atoms with Gasteiger partial charge in [-0.3, -0.25) is 0 Å². The second-order valence-electron chi connectivity index (χ2n) is 2.37. The molecule has 1 aliphatic rings. The third-order valence-electron chi connectivity index (χ3n) is 1.43. The molecule has 11 heavy (non-hydrogen) atoms. The Morgan fingerprint density at radius 1 is 1.64 bits per heavy atom. The van der Waals surface area contributed by atoms with Gasteiger partial charge in [0.25, 0.3) is 0 Å². The van der Waals surface area contributed by atoms with E-state index in [1.54, 1.807) is 6.08 Å². The van der Waals surface area contributed by atoms with Crippen LogP contribution in [0.1, 0.15) is 6.42 Å². The Hall–Kier alpha value is -0.0600. The van der Waals surface area contributed by atoms with Crippen LogP contribution in [0, 0.1) is 0 Å². The van der Waals surface area contributed by atoms with E-state index >= 15 is 0 Å². The van der Waals surface area contributed by atoms with Crippen LogP contribution in [0.25, 0.3) is 0 Å². The predicted molar refractivity (Wildman–Crippen MR) is 43.2 cm³/mol. The Morgan fingerprint density at radius 3 is 2.82 bits per heavy atom. The van der Waals surface area contributed by atoms with Crippen molar-refractivity contribution in [3.63, 3.8) is 0 Å². The van der Waals surface area contributed by atoms with E-state index in [1.165, 1.54) is 0 Å². The first-order valence-electron chi connectivity index (χ1n) is 3.26. The van der Waals surface area contributed by atoms with Gasteiger partial charge in [-0.05, 0) is 12.0 Å². The highest BCUT2D eigenvalue weighted by molar-refractivity contribution is 8.13. The molecule has 0 aliphatic carbocycles. The Balaban J connectivity index is 2.47. The highest BCUT2D eigenvalue weighted by Crippen LogP contribution is 2.11. The molecular formula is C6H9ClO3S. The normalized spacial score (nSPS) is 22.8. The summed E-state index contributed by atoms with van der Waals surface area (Å²) in [5.41, 5.74) is 1.02. The number of rotatable bonds is 2. The largest absolute Gasteiger partial charge is 0.377 e. The second kappa shape index (κ2) is 3.56. The van der Waals surface area contributed by atoms with E-state index in [-0.39, 0.29) is 5.75 Å². The summed E-state index contributed by atoms with van der Waals surface area (Å²) in [6.07, 6.45) is 2.45. The molecule has 0 unspecified atom stereocenters. The van der Waals surface area contributed by atoms with Crippen LogP contribution in [0.4, 0.5) is 0 Å². The first-order chi connectivity index (χ1) is 5.08. The Kier molecular flexibility index (Phi) is 2.92. The summed E-state index contributed by atoms with van der Waals surface area (Å²) in [6.45, 7) is 1.24. The van der Waals surface area contributed by atoms with Gasteiger partial charge in [-0.15, -0.1) is 0 Å². The minimum Gasteiger partial charge on any atom is -0.377 e. The molecule has 0 bridgehead atoms. The smallest absolute Gasteiger partial charge is 0.236 e. The van der Waals surface area contributed by atoms with Crippen LogP contribution in [-0.4, -0.2) is 27.4 Å². The SMILES string of the molecule is O=S(=O)(Cl)C/C=C1\CCOC1. The monoisotopic (exact) mass is 196 g/mol. The number of hydrogen-bond donors (Lipinski definition) is 0. The molecule has 0 saturated carbocycles. The zero-order chi connectivity index (χ0) is 8.32. The Labute approximate surface area is 70.4 Å². The van der Waals surface area contributed by atoms with Gasteiger partial charge in [0.1, 0.15) is 0 Å². The standard InChI is InChI=1S/C6H9ClO3S/c7-11(8,9)4-2-6-1-3-10-5-6/h2H,1,3-5H2/b6-2+. The highest BCUT2D eigenvalue weighted by atomic mass is 35.7. The maximum atomic E-state index is 10.5. The summed E-state index contributed by atoms with van der Waals surface area (Å²) >= 11 is 0. The molecule has 64 valence electrons. The molecule has 1 heterocycles. The molecule has 0 aromatic rings. The lowest BCUT2D eigenvalue weighted by molar-refractivity contribution is 0.204. The van der Waals surface area contributed by atoms with Crippen LogP contribution in [0.2, 0.25) is 0 Å². The molecule has 1 aliphatic heterocycles. The Morgan fingerprint density at radius 2 is 2.36 bits per heavy atom. The number of hydrogen-bond acceptors (Lipinski definition) is 3. The third kappa shape index (κ3) is 3.74. The van der Waals surface area contributed by atoms with Gasteiger partial charge in [0.05, 0.1) is 19.0 Å². The topological polar surface area (TPSA) is 43.4 Å². The lowest BCUT2D eigenvalue weighted by atomic mass is 10.2. The summed E-state index contributed by atoms with van der Waals surface area (Å²) in [7, 11) is 1.63. The van der Waals surface area contributed by atoms with Gasteiger partial charge in [0.2, 0.25) is 9.05 Å². The molecule has 1 saturated heterocycles. The highest BCUT2D eigenvalue weighted by Gasteiger charge is 2.08. The van der Waals surface area contributed by atoms with Crippen LogP contribution < -0.4 is 0 Å². The molecule has 5 heteroatoms. The zero-order valence-electron chi connectivity index (χ0n) is 5.92. The van der Waals surface area contributed by atoms with Gasteiger partial charge < -0.3 is 4.74 Å². The molecule has 0 amide bonds. The molecule has 0 atom stereocenters. The van der Waals surface area contributed by atoms with Gasteiger partial charge in [0.15, 0.2) is 0 Å². The van der Waals surface area contributed by atoms with E-state index in [1.807, 2.05) is 0 Å². The van der Waals surface area contributed by atoms with Gasteiger partial charge in [-0.1, -0.05) is 6.08 Å². The van der Waals surface area contributed by atoms with Crippen LogP contribution in [0.15, 0.2) is 11.6 Å². The van der Waals surface area contributed by atoms with Gasteiger partial charge in [0, 0.05) is 10.7 Å². The minimum atomic E-state index is -3.37. The number of ether oxygens (including phenoxy) is 1. The summed E-state index contributed by atoms with van der Waals surface area (Å²) in [6, 6.07) is 0. The van der Waals surface area contributed by atoms with E-state index in [2.05, 4.69) is 0 Å². The van der Waals surface area contributed by atoms with E-state index < -0.39 is 9.05 Å². The third-order valence-corrected chi connectivity index (χ3v) is 2.37. The van der Waals surface area contributed by atoms with E-state index in [4.69, 9.17) is 15.4 Å². The van der Waals surface area contributed by atoms with Crippen molar-refractivity contribution < 1.29 is 13.2 Å². The van der Waals surface area contributed by atoms with Crippen LogP contribution in [0.3, 0.4) is 0 Å². The summed E-state index contributed by atoms with van der Waals surface area (Å²) in [5.74, 6) is -0.0900. The molecule has 0 N–H and O–H groups in total. The van der Waals surface area contributed by atoms with E-state index in [0.717, 1.165) is 12.0 Å². The van der Waals surface area contributed by atoms with Crippen molar-refractivity contribution in [2.24, 2.45) is 0 Å². The summed E-state index contributed by atoms with van der Waals surface area (Å²) in [5, 5.41) is 0. The fourth-order valence-corrected chi connectivity index (χ4v) is 1.48. The molecule has 0 radical (unpaired) electrons. The van der Waals surface area contributed by atoms with Crippen molar-refractivity contribution in [1.29, 1.82) is 0 Å². The van der Waals surface area contributed by atoms with Gasteiger partial charge in [-0.25, -0.2) is 8.42 Å². The van der Waals surface area contributed by atoms with Crippen molar-refractivity contribution in [3.8, 4) is 0 Å². The Bertz CT molecular complexity index is 247. The van der Waals surface area contributed by atoms with Crippen molar-refractivity contribution in [2.45, 2.75) is 6.42 Å². The zero-order valence-corrected chi connectivity index (χ0v) is 7.49. The molecular weight excluding hydrogens is 188 g/mol. The molecule has 1 rings (SSSR count). The molecule has 0 spiro atoms. The fraction of sp³-hybridized carbons (Fsp3) is 0.667. The van der Waals surface area contributed by atoms with Crippen molar-refractivity contribution in [2.75, 3.05) is 19.0 Å². The van der Waals surface area contributed by atoms with Crippen molar-refractivity contribution in [1.82, 2.24) is 0 Å². The maximum Gasteiger partial charge on any atom is 0.236 e. The quantitative estimate of drug-likeness (QED) is 0.487. The summed E-state index contributed by atoms with van der Waals surface area (Å²) in [4.78, 5) is 0. The first kappa shape index (κ1) is 9.03. The molecule has 0 aromatic heterocycles. The van der Waals surface area contributed by atoms with Crippen LogP contribution in [0.5, 0.6) is 0 Å². The van der Waals surface area contributed by atoms with Crippen molar-refractivity contribution in [3.05, 3.63) is 11.6 Å². The average molecular weight is 197 g/mol.